The Labute approximate surface area is 108 Å². The number of nitrogens with two attached hydrogens (primary N) is 1. The normalized spacial score (nSPS) is 22.4. The smallest absolute Gasteiger partial charge is 0.317 e. The maximum atomic E-state index is 13.7. The SMILES string of the molecule is Nc1nc(N2CCN3C(=O)NCC3C2)c(F)cc1F. The van der Waals surface area contributed by atoms with Gasteiger partial charge in [0, 0.05) is 32.2 Å². The number of hydrogen-bond donors (Lipinski definition) is 2. The topological polar surface area (TPSA) is 74.5 Å². The number of fused-ring (bicyclic) bond motifs is 1. The number of pyridine rings is 1. The van der Waals surface area contributed by atoms with Crippen LogP contribution >= 0.6 is 0 Å². The van der Waals surface area contributed by atoms with Crippen molar-refractivity contribution >= 4 is 17.7 Å². The highest BCUT2D eigenvalue weighted by Gasteiger charge is 2.36. The van der Waals surface area contributed by atoms with E-state index in [0.29, 0.717) is 26.2 Å². The van der Waals surface area contributed by atoms with Gasteiger partial charge in [-0.1, -0.05) is 0 Å². The van der Waals surface area contributed by atoms with Gasteiger partial charge in [0.1, 0.15) is 0 Å². The first-order valence-electron chi connectivity index (χ1n) is 5.97. The van der Waals surface area contributed by atoms with Crippen LogP contribution in [0.5, 0.6) is 0 Å². The number of piperazine rings is 1. The van der Waals surface area contributed by atoms with Crippen molar-refractivity contribution in [2.45, 2.75) is 6.04 Å². The number of anilines is 2. The molecule has 0 spiro atoms. The number of nitrogens with one attached hydrogen (secondary N) is 1. The molecule has 2 saturated heterocycles. The number of rotatable bonds is 1. The summed E-state index contributed by atoms with van der Waals surface area (Å²) >= 11 is 0. The number of nitrogens with zero attached hydrogens (tertiary/aromatic N) is 3. The van der Waals surface area contributed by atoms with Gasteiger partial charge < -0.3 is 20.9 Å². The Morgan fingerprint density at radius 2 is 2.16 bits per heavy atom. The van der Waals surface area contributed by atoms with Crippen molar-refractivity contribution in [3.05, 3.63) is 17.7 Å². The lowest BCUT2D eigenvalue weighted by molar-refractivity contribution is 0.197. The summed E-state index contributed by atoms with van der Waals surface area (Å²) in [7, 11) is 0. The fraction of sp³-hybridized carbons (Fsp3) is 0.455. The van der Waals surface area contributed by atoms with Crippen LogP contribution in [0.25, 0.3) is 0 Å². The van der Waals surface area contributed by atoms with E-state index >= 15 is 0 Å². The highest BCUT2D eigenvalue weighted by molar-refractivity contribution is 5.77. The minimum absolute atomic E-state index is 0.0197. The molecular formula is C11H13F2N5O. The first-order chi connectivity index (χ1) is 9.06. The molecule has 1 aromatic rings. The summed E-state index contributed by atoms with van der Waals surface area (Å²) in [6.45, 7) is 1.90. The second kappa shape index (κ2) is 4.22. The third-order valence-corrected chi connectivity index (χ3v) is 3.47. The van der Waals surface area contributed by atoms with Crippen molar-refractivity contribution in [2.24, 2.45) is 0 Å². The Morgan fingerprint density at radius 3 is 2.95 bits per heavy atom. The van der Waals surface area contributed by atoms with Crippen molar-refractivity contribution in [1.29, 1.82) is 0 Å². The van der Waals surface area contributed by atoms with Crippen LogP contribution in [0.3, 0.4) is 0 Å². The molecular weight excluding hydrogens is 256 g/mol. The lowest BCUT2D eigenvalue weighted by Crippen LogP contribution is -2.52. The van der Waals surface area contributed by atoms with Gasteiger partial charge in [0.25, 0.3) is 0 Å². The zero-order chi connectivity index (χ0) is 13.6. The Bertz CT molecular complexity index is 538. The molecule has 1 aromatic heterocycles. The molecule has 2 aliphatic rings. The Balaban J connectivity index is 1.84. The molecule has 3 heterocycles. The number of amides is 2. The molecule has 3 rings (SSSR count). The number of halogens is 2. The maximum absolute atomic E-state index is 13.7. The van der Waals surface area contributed by atoms with Gasteiger partial charge in [0.2, 0.25) is 0 Å². The maximum Gasteiger partial charge on any atom is 0.317 e. The number of carbonyl (C=O) groups is 1. The van der Waals surface area contributed by atoms with Crippen LogP contribution in [0.4, 0.5) is 25.2 Å². The molecule has 6 nitrogen and oxygen atoms in total. The molecule has 0 saturated carbocycles. The van der Waals surface area contributed by atoms with Gasteiger partial charge >= 0.3 is 6.03 Å². The van der Waals surface area contributed by atoms with Crippen molar-refractivity contribution < 1.29 is 13.6 Å². The predicted octanol–water partition coefficient (Wildman–Crippen LogP) is 0.156. The minimum atomic E-state index is -0.863. The van der Waals surface area contributed by atoms with Crippen molar-refractivity contribution in [1.82, 2.24) is 15.2 Å². The predicted molar refractivity (Wildman–Crippen MR) is 64.7 cm³/mol. The van der Waals surface area contributed by atoms with Gasteiger partial charge in [0.15, 0.2) is 23.3 Å². The van der Waals surface area contributed by atoms with Gasteiger partial charge in [-0.15, -0.1) is 0 Å². The second-order valence-electron chi connectivity index (χ2n) is 4.64. The molecule has 8 heteroatoms. The molecule has 2 aliphatic heterocycles. The quantitative estimate of drug-likeness (QED) is 0.761. The average molecular weight is 269 g/mol. The highest BCUT2D eigenvalue weighted by atomic mass is 19.1. The Hall–Kier alpha value is -2.12. The molecule has 0 aromatic carbocycles. The summed E-state index contributed by atoms with van der Waals surface area (Å²) in [5, 5.41) is 2.73. The number of nitrogen functional groups attached to an aromatic ring is 1. The highest BCUT2D eigenvalue weighted by Crippen LogP contribution is 2.24. The Morgan fingerprint density at radius 1 is 1.37 bits per heavy atom. The third kappa shape index (κ3) is 1.92. The van der Waals surface area contributed by atoms with Gasteiger partial charge in [-0.2, -0.15) is 0 Å². The van der Waals surface area contributed by atoms with Crippen LogP contribution < -0.4 is 16.0 Å². The summed E-state index contributed by atoms with van der Waals surface area (Å²) in [4.78, 5) is 18.6. The number of hydrogen-bond acceptors (Lipinski definition) is 4. The van der Waals surface area contributed by atoms with E-state index in [1.165, 1.54) is 0 Å². The van der Waals surface area contributed by atoms with E-state index in [4.69, 9.17) is 5.73 Å². The zero-order valence-corrected chi connectivity index (χ0v) is 10.1. The summed E-state index contributed by atoms with van der Waals surface area (Å²) in [6.07, 6.45) is 0. The van der Waals surface area contributed by atoms with Crippen LogP contribution in [0.1, 0.15) is 0 Å². The zero-order valence-electron chi connectivity index (χ0n) is 10.1. The van der Waals surface area contributed by atoms with Crippen LogP contribution in [0.15, 0.2) is 6.07 Å². The van der Waals surface area contributed by atoms with E-state index in [1.54, 1.807) is 9.80 Å². The first kappa shape index (κ1) is 11.9. The molecule has 1 atom stereocenters. The summed E-state index contributed by atoms with van der Waals surface area (Å²) in [6, 6.07) is 0.618. The fourth-order valence-electron chi connectivity index (χ4n) is 2.49. The molecule has 0 radical (unpaired) electrons. The van der Waals surface area contributed by atoms with Crippen molar-refractivity contribution in [2.75, 3.05) is 36.8 Å². The van der Waals surface area contributed by atoms with Crippen LogP contribution in [-0.4, -0.2) is 48.1 Å². The molecule has 102 valence electrons. The van der Waals surface area contributed by atoms with E-state index in [2.05, 4.69) is 10.3 Å². The number of carbonyl (C=O) groups excluding carboxylic acids is 1. The van der Waals surface area contributed by atoms with E-state index in [1.807, 2.05) is 0 Å². The van der Waals surface area contributed by atoms with Gasteiger partial charge in [-0.25, -0.2) is 18.6 Å². The van der Waals surface area contributed by atoms with Gasteiger partial charge in [-0.05, 0) is 0 Å². The van der Waals surface area contributed by atoms with Gasteiger partial charge in [0.05, 0.1) is 6.04 Å². The fourth-order valence-corrected chi connectivity index (χ4v) is 2.49. The number of aromatic nitrogens is 1. The molecule has 1 unspecified atom stereocenters. The minimum Gasteiger partial charge on any atom is -0.381 e. The standard InChI is InChI=1S/C11H13F2N5O/c12-7-3-8(13)10(16-9(7)14)17-1-2-18-6(5-17)4-15-11(18)19/h3,6H,1-2,4-5H2,(H2,14,16)(H,15,19). The van der Waals surface area contributed by atoms with E-state index in [9.17, 15) is 13.6 Å². The summed E-state index contributed by atoms with van der Waals surface area (Å²) in [5.41, 5.74) is 5.37. The lowest BCUT2D eigenvalue weighted by atomic mass is 10.2. The summed E-state index contributed by atoms with van der Waals surface area (Å²) < 4.78 is 26.8. The van der Waals surface area contributed by atoms with Crippen LogP contribution in [0.2, 0.25) is 0 Å². The molecule has 0 bridgehead atoms. The number of urea groups is 1. The first-order valence-corrected chi connectivity index (χ1v) is 5.97. The molecule has 3 N–H and O–H groups in total. The monoisotopic (exact) mass is 269 g/mol. The van der Waals surface area contributed by atoms with E-state index < -0.39 is 11.6 Å². The van der Waals surface area contributed by atoms with Crippen molar-refractivity contribution in [3.63, 3.8) is 0 Å². The van der Waals surface area contributed by atoms with E-state index in [0.717, 1.165) is 6.07 Å². The molecule has 2 fully saturated rings. The van der Waals surface area contributed by atoms with Crippen LogP contribution in [-0.2, 0) is 0 Å². The average Bonchev–Trinajstić information content (AvgIpc) is 2.75. The third-order valence-electron chi connectivity index (χ3n) is 3.47. The second-order valence-corrected chi connectivity index (χ2v) is 4.64. The molecule has 0 aliphatic carbocycles. The van der Waals surface area contributed by atoms with Gasteiger partial charge in [-0.3, -0.25) is 0 Å². The lowest BCUT2D eigenvalue weighted by Gasteiger charge is -2.37. The van der Waals surface area contributed by atoms with E-state index in [-0.39, 0.29) is 23.7 Å². The molecule has 2 amide bonds. The Kier molecular flexibility index (Phi) is 2.65. The molecule has 19 heavy (non-hydrogen) atoms. The summed E-state index contributed by atoms with van der Waals surface area (Å²) in [5.74, 6) is -1.88. The van der Waals surface area contributed by atoms with Crippen molar-refractivity contribution in [3.8, 4) is 0 Å². The van der Waals surface area contributed by atoms with Crippen LogP contribution in [0, 0.1) is 11.6 Å². The largest absolute Gasteiger partial charge is 0.381 e.